The molecule has 3 nitrogen and oxygen atoms in total. The first-order valence-corrected chi connectivity index (χ1v) is 5.81. The van der Waals surface area contributed by atoms with Crippen LogP contribution in [0.1, 0.15) is 11.1 Å². The first-order chi connectivity index (χ1) is 8.43. The summed E-state index contributed by atoms with van der Waals surface area (Å²) < 4.78 is 5.71. The van der Waals surface area contributed by atoms with Gasteiger partial charge in [0.25, 0.3) is 0 Å². The number of nitrogens with one attached hydrogen (secondary N) is 1. The minimum Gasteiger partial charge on any atom is -0.487 e. The number of benzene rings is 1. The average molecular weight is 226 g/mol. The van der Waals surface area contributed by atoms with Crippen molar-refractivity contribution in [1.29, 1.82) is 0 Å². The zero-order chi connectivity index (χ0) is 11.5. The quantitative estimate of drug-likeness (QED) is 0.873. The van der Waals surface area contributed by atoms with Crippen LogP contribution in [0.3, 0.4) is 0 Å². The smallest absolute Gasteiger partial charge is 0.138 e. The highest BCUT2D eigenvalue weighted by Gasteiger charge is 2.13. The largest absolute Gasteiger partial charge is 0.487 e. The predicted octanol–water partition coefficient (Wildman–Crippen LogP) is 2.63. The molecular weight excluding hydrogens is 212 g/mol. The van der Waals surface area contributed by atoms with E-state index in [1.54, 1.807) is 12.4 Å². The van der Waals surface area contributed by atoms with E-state index in [1.807, 2.05) is 12.1 Å². The number of nitrogens with zero attached hydrogens (tertiary/aromatic N) is 1. The van der Waals surface area contributed by atoms with Crippen LogP contribution < -0.4 is 10.1 Å². The molecule has 1 aliphatic heterocycles. The fourth-order valence-corrected chi connectivity index (χ4v) is 2.12. The summed E-state index contributed by atoms with van der Waals surface area (Å²) in [5, 5.41) is 3.41. The third kappa shape index (κ3) is 2.09. The van der Waals surface area contributed by atoms with Gasteiger partial charge in [-0.2, -0.15) is 0 Å². The Hall–Kier alpha value is -2.03. The molecule has 17 heavy (non-hydrogen) atoms. The lowest BCUT2D eigenvalue weighted by atomic mass is 10.1. The van der Waals surface area contributed by atoms with Crippen LogP contribution in [0.5, 0.6) is 5.75 Å². The van der Waals surface area contributed by atoms with E-state index in [0.29, 0.717) is 6.61 Å². The number of aromatic nitrogens is 1. The highest BCUT2D eigenvalue weighted by Crippen LogP contribution is 2.27. The lowest BCUT2D eigenvalue weighted by Gasteiger charge is -2.10. The second-order valence-electron chi connectivity index (χ2n) is 4.11. The molecule has 86 valence electrons. The van der Waals surface area contributed by atoms with Gasteiger partial charge < -0.3 is 10.1 Å². The van der Waals surface area contributed by atoms with Gasteiger partial charge in [-0.25, -0.2) is 0 Å². The van der Waals surface area contributed by atoms with Crippen molar-refractivity contribution in [3.05, 3.63) is 53.9 Å². The molecule has 0 spiro atoms. The lowest BCUT2D eigenvalue weighted by Crippen LogP contribution is -2.00. The van der Waals surface area contributed by atoms with Crippen LogP contribution in [0.15, 0.2) is 42.7 Å². The van der Waals surface area contributed by atoms with Gasteiger partial charge in [0.1, 0.15) is 12.4 Å². The SMILES string of the molecule is c1cncc(OCc2cccc3c2NCC3)c1. The molecule has 2 aromatic rings. The molecule has 0 bridgehead atoms. The minimum atomic E-state index is 0.585. The molecule has 0 saturated heterocycles. The summed E-state index contributed by atoms with van der Waals surface area (Å²) in [7, 11) is 0. The third-order valence-electron chi connectivity index (χ3n) is 2.96. The zero-order valence-corrected chi connectivity index (χ0v) is 9.52. The molecule has 0 aliphatic carbocycles. The number of hydrogen-bond donors (Lipinski definition) is 1. The number of rotatable bonds is 3. The Bertz CT molecular complexity index is 511. The van der Waals surface area contributed by atoms with E-state index in [1.165, 1.54) is 16.8 Å². The fraction of sp³-hybridized carbons (Fsp3) is 0.214. The fourth-order valence-electron chi connectivity index (χ4n) is 2.12. The Morgan fingerprint density at radius 1 is 1.24 bits per heavy atom. The summed E-state index contributed by atoms with van der Waals surface area (Å²) >= 11 is 0. The summed E-state index contributed by atoms with van der Waals surface area (Å²) in [6.07, 6.45) is 4.58. The van der Waals surface area contributed by atoms with Crippen LogP contribution in [0.2, 0.25) is 0 Å². The molecule has 0 unspecified atom stereocenters. The molecule has 3 heteroatoms. The summed E-state index contributed by atoms with van der Waals surface area (Å²) in [6, 6.07) is 10.2. The van der Waals surface area contributed by atoms with Crippen LogP contribution in [0, 0.1) is 0 Å². The maximum Gasteiger partial charge on any atom is 0.138 e. The number of fused-ring (bicyclic) bond motifs is 1. The van der Waals surface area contributed by atoms with Gasteiger partial charge in [-0.15, -0.1) is 0 Å². The molecule has 0 saturated carbocycles. The first kappa shape index (κ1) is 10.1. The van der Waals surface area contributed by atoms with E-state index in [9.17, 15) is 0 Å². The van der Waals surface area contributed by atoms with Crippen molar-refractivity contribution in [1.82, 2.24) is 4.98 Å². The molecule has 0 radical (unpaired) electrons. The maximum absolute atomic E-state index is 5.71. The average Bonchev–Trinajstić information content (AvgIpc) is 2.86. The van der Waals surface area contributed by atoms with Crippen molar-refractivity contribution >= 4 is 5.69 Å². The number of hydrogen-bond acceptors (Lipinski definition) is 3. The Morgan fingerprint density at radius 2 is 2.24 bits per heavy atom. The summed E-state index contributed by atoms with van der Waals surface area (Å²) in [4.78, 5) is 4.03. The van der Waals surface area contributed by atoms with Crippen LogP contribution in [0.25, 0.3) is 0 Å². The molecule has 1 aromatic carbocycles. The Morgan fingerprint density at radius 3 is 3.12 bits per heavy atom. The number of anilines is 1. The normalized spacial score (nSPS) is 12.9. The van der Waals surface area contributed by atoms with Gasteiger partial charge in [0.15, 0.2) is 0 Å². The van der Waals surface area contributed by atoms with Crippen molar-refractivity contribution in [2.45, 2.75) is 13.0 Å². The topological polar surface area (TPSA) is 34.1 Å². The number of pyridine rings is 1. The van der Waals surface area contributed by atoms with Crippen LogP contribution in [-0.4, -0.2) is 11.5 Å². The van der Waals surface area contributed by atoms with Crippen LogP contribution in [-0.2, 0) is 13.0 Å². The number of ether oxygens (including phenoxy) is 1. The van der Waals surface area contributed by atoms with E-state index in [-0.39, 0.29) is 0 Å². The van der Waals surface area contributed by atoms with Gasteiger partial charge in [-0.1, -0.05) is 18.2 Å². The van der Waals surface area contributed by atoms with Crippen LogP contribution in [0.4, 0.5) is 5.69 Å². The van der Waals surface area contributed by atoms with Crippen molar-refractivity contribution < 1.29 is 4.74 Å². The zero-order valence-electron chi connectivity index (χ0n) is 9.52. The molecular formula is C14H14N2O. The van der Waals surface area contributed by atoms with Crippen molar-refractivity contribution in [3.8, 4) is 5.75 Å². The summed E-state index contributed by atoms with van der Waals surface area (Å²) in [6.45, 7) is 1.61. The molecule has 0 atom stereocenters. The molecule has 1 aromatic heterocycles. The van der Waals surface area contributed by atoms with Gasteiger partial charge >= 0.3 is 0 Å². The predicted molar refractivity (Wildman–Crippen MR) is 67.2 cm³/mol. The Labute approximate surface area is 100 Å². The van der Waals surface area contributed by atoms with E-state index in [0.717, 1.165) is 18.7 Å². The summed E-state index contributed by atoms with van der Waals surface area (Å²) in [5.74, 6) is 0.808. The molecule has 2 heterocycles. The van der Waals surface area contributed by atoms with Crippen LogP contribution >= 0.6 is 0 Å². The second kappa shape index (κ2) is 4.45. The molecule has 1 aliphatic rings. The number of para-hydroxylation sites is 1. The van der Waals surface area contributed by atoms with Gasteiger partial charge in [0.2, 0.25) is 0 Å². The van der Waals surface area contributed by atoms with E-state index < -0.39 is 0 Å². The highest BCUT2D eigenvalue weighted by atomic mass is 16.5. The van der Waals surface area contributed by atoms with Gasteiger partial charge in [0, 0.05) is 24.0 Å². The molecule has 0 fully saturated rings. The van der Waals surface area contributed by atoms with Crippen molar-refractivity contribution in [3.63, 3.8) is 0 Å². The minimum absolute atomic E-state index is 0.585. The van der Waals surface area contributed by atoms with Gasteiger partial charge in [0.05, 0.1) is 6.20 Å². The molecule has 1 N–H and O–H groups in total. The van der Waals surface area contributed by atoms with E-state index in [2.05, 4.69) is 28.5 Å². The first-order valence-electron chi connectivity index (χ1n) is 5.81. The lowest BCUT2D eigenvalue weighted by molar-refractivity contribution is 0.305. The maximum atomic E-state index is 5.71. The molecule has 0 amide bonds. The monoisotopic (exact) mass is 226 g/mol. The summed E-state index contributed by atoms with van der Waals surface area (Å²) in [5.41, 5.74) is 3.84. The van der Waals surface area contributed by atoms with Crippen molar-refractivity contribution in [2.24, 2.45) is 0 Å². The van der Waals surface area contributed by atoms with E-state index in [4.69, 9.17) is 4.74 Å². The standard InChI is InChI=1S/C14H14N2O/c1-3-11-6-8-16-14(11)12(4-1)10-17-13-5-2-7-15-9-13/h1-5,7,9,16H,6,8,10H2. The molecule has 3 rings (SSSR count). The highest BCUT2D eigenvalue weighted by molar-refractivity contribution is 5.61. The third-order valence-corrected chi connectivity index (χ3v) is 2.96. The second-order valence-corrected chi connectivity index (χ2v) is 4.11. The van der Waals surface area contributed by atoms with Crippen molar-refractivity contribution in [2.75, 3.05) is 11.9 Å². The Kier molecular flexibility index (Phi) is 2.66. The Balaban J connectivity index is 1.76. The van der Waals surface area contributed by atoms with Gasteiger partial charge in [-0.3, -0.25) is 4.98 Å². The van der Waals surface area contributed by atoms with E-state index >= 15 is 0 Å². The van der Waals surface area contributed by atoms with Gasteiger partial charge in [-0.05, 0) is 24.1 Å².